The molecule has 1 aromatic heterocycles. The molecular weight excluding hydrogens is 356 g/mol. The molecule has 0 bridgehead atoms. The quantitative estimate of drug-likeness (QED) is 0.744. The third-order valence-corrected chi connectivity index (χ3v) is 4.84. The number of rotatable bonds is 6. The SMILES string of the molecule is CCc1ccc(NC(=O)C(=O)NC[C@@H](c2cccnc2)N2CCOCC2)cc1. The summed E-state index contributed by atoms with van der Waals surface area (Å²) in [6.45, 7) is 5.23. The fourth-order valence-corrected chi connectivity index (χ4v) is 3.20. The molecule has 3 rings (SSSR count). The fourth-order valence-electron chi connectivity index (χ4n) is 3.20. The van der Waals surface area contributed by atoms with Crippen molar-refractivity contribution in [2.24, 2.45) is 0 Å². The van der Waals surface area contributed by atoms with Gasteiger partial charge in [-0.2, -0.15) is 0 Å². The van der Waals surface area contributed by atoms with Gasteiger partial charge < -0.3 is 15.4 Å². The normalized spacial score (nSPS) is 15.6. The highest BCUT2D eigenvalue weighted by Crippen LogP contribution is 2.20. The average Bonchev–Trinajstić information content (AvgIpc) is 2.76. The molecule has 1 fully saturated rings. The van der Waals surface area contributed by atoms with Crippen LogP contribution in [0.2, 0.25) is 0 Å². The van der Waals surface area contributed by atoms with Gasteiger partial charge in [-0.3, -0.25) is 19.5 Å². The molecule has 0 aliphatic carbocycles. The molecule has 0 unspecified atom stereocenters. The summed E-state index contributed by atoms with van der Waals surface area (Å²) in [4.78, 5) is 31.0. The second-order valence-corrected chi connectivity index (χ2v) is 6.67. The number of morpholine rings is 1. The van der Waals surface area contributed by atoms with Crippen LogP contribution >= 0.6 is 0 Å². The highest BCUT2D eigenvalue weighted by atomic mass is 16.5. The lowest BCUT2D eigenvalue weighted by Gasteiger charge is -2.34. The molecule has 2 heterocycles. The lowest BCUT2D eigenvalue weighted by Crippen LogP contribution is -2.45. The highest BCUT2D eigenvalue weighted by Gasteiger charge is 2.24. The third-order valence-electron chi connectivity index (χ3n) is 4.84. The number of pyridine rings is 1. The zero-order valence-corrected chi connectivity index (χ0v) is 16.1. The van der Waals surface area contributed by atoms with E-state index in [2.05, 4.69) is 27.4 Å². The maximum absolute atomic E-state index is 12.3. The topological polar surface area (TPSA) is 83.6 Å². The predicted molar refractivity (Wildman–Crippen MR) is 107 cm³/mol. The van der Waals surface area contributed by atoms with Crippen LogP contribution in [0.3, 0.4) is 0 Å². The standard InChI is InChI=1S/C21H26N4O3/c1-2-16-5-7-18(8-6-16)24-21(27)20(26)23-15-19(17-4-3-9-22-14-17)25-10-12-28-13-11-25/h3-9,14,19H,2,10-13,15H2,1H3,(H,23,26)(H,24,27)/t19-/m0/s1. The number of nitrogens with one attached hydrogen (secondary N) is 2. The number of hydrogen-bond donors (Lipinski definition) is 2. The number of aromatic nitrogens is 1. The number of aryl methyl sites for hydroxylation is 1. The van der Waals surface area contributed by atoms with Gasteiger partial charge in [0.15, 0.2) is 0 Å². The zero-order valence-electron chi connectivity index (χ0n) is 16.1. The molecule has 1 atom stereocenters. The van der Waals surface area contributed by atoms with Crippen LogP contribution in [0.25, 0.3) is 0 Å². The van der Waals surface area contributed by atoms with Gasteiger partial charge in [-0.15, -0.1) is 0 Å². The van der Waals surface area contributed by atoms with Crippen LogP contribution in [0.5, 0.6) is 0 Å². The Morgan fingerprint density at radius 3 is 2.54 bits per heavy atom. The molecule has 0 saturated carbocycles. The summed E-state index contributed by atoms with van der Waals surface area (Å²) in [6.07, 6.45) is 4.43. The van der Waals surface area contributed by atoms with Crippen molar-refractivity contribution in [1.29, 1.82) is 0 Å². The summed E-state index contributed by atoms with van der Waals surface area (Å²) in [5.41, 5.74) is 2.78. The van der Waals surface area contributed by atoms with Crippen LogP contribution in [0.15, 0.2) is 48.8 Å². The van der Waals surface area contributed by atoms with Crippen molar-refractivity contribution in [2.75, 3.05) is 38.2 Å². The minimum Gasteiger partial charge on any atom is -0.379 e. The van der Waals surface area contributed by atoms with E-state index < -0.39 is 11.8 Å². The maximum Gasteiger partial charge on any atom is 0.313 e. The van der Waals surface area contributed by atoms with E-state index in [1.165, 1.54) is 5.56 Å². The summed E-state index contributed by atoms with van der Waals surface area (Å²) in [5, 5.41) is 5.40. The molecule has 1 aliphatic heterocycles. The second kappa shape index (κ2) is 9.96. The van der Waals surface area contributed by atoms with Crippen LogP contribution < -0.4 is 10.6 Å². The Labute approximate surface area is 165 Å². The van der Waals surface area contributed by atoms with Crippen molar-refractivity contribution in [3.05, 3.63) is 59.9 Å². The minimum atomic E-state index is -0.670. The summed E-state index contributed by atoms with van der Waals surface area (Å²) in [5.74, 6) is -1.32. The monoisotopic (exact) mass is 382 g/mol. The van der Waals surface area contributed by atoms with Gasteiger partial charge in [0.25, 0.3) is 0 Å². The number of nitrogens with zero attached hydrogens (tertiary/aromatic N) is 2. The van der Waals surface area contributed by atoms with Crippen LogP contribution in [0.1, 0.15) is 24.1 Å². The molecular formula is C21H26N4O3. The molecule has 2 aromatic rings. The summed E-state index contributed by atoms with van der Waals surface area (Å²) >= 11 is 0. The number of hydrogen-bond acceptors (Lipinski definition) is 5. The molecule has 2 amide bonds. The minimum absolute atomic E-state index is 0.0572. The molecule has 148 valence electrons. The van der Waals surface area contributed by atoms with Gasteiger partial charge in [0, 0.05) is 37.7 Å². The number of carbonyl (C=O) groups excluding carboxylic acids is 2. The first-order valence-corrected chi connectivity index (χ1v) is 9.57. The maximum atomic E-state index is 12.3. The van der Waals surface area contributed by atoms with E-state index in [4.69, 9.17) is 4.74 Å². The number of anilines is 1. The first kappa shape index (κ1) is 20.0. The summed E-state index contributed by atoms with van der Waals surface area (Å²) < 4.78 is 5.42. The Morgan fingerprint density at radius 2 is 1.89 bits per heavy atom. The van der Waals surface area contributed by atoms with Crippen molar-refractivity contribution >= 4 is 17.5 Å². The molecule has 1 saturated heterocycles. The fraction of sp³-hybridized carbons (Fsp3) is 0.381. The number of ether oxygens (including phenoxy) is 1. The van der Waals surface area contributed by atoms with E-state index in [0.717, 1.165) is 25.1 Å². The van der Waals surface area contributed by atoms with Gasteiger partial charge in [0.2, 0.25) is 0 Å². The Kier molecular flexibility index (Phi) is 7.11. The van der Waals surface area contributed by atoms with Crippen molar-refractivity contribution in [2.45, 2.75) is 19.4 Å². The summed E-state index contributed by atoms with van der Waals surface area (Å²) in [6, 6.07) is 11.3. The van der Waals surface area contributed by atoms with Crippen LogP contribution in [-0.4, -0.2) is 54.5 Å². The third kappa shape index (κ3) is 5.37. The smallest absolute Gasteiger partial charge is 0.313 e. The zero-order chi connectivity index (χ0) is 19.8. The van der Waals surface area contributed by atoms with Crippen molar-refractivity contribution < 1.29 is 14.3 Å². The average molecular weight is 382 g/mol. The van der Waals surface area contributed by atoms with E-state index in [9.17, 15) is 9.59 Å². The second-order valence-electron chi connectivity index (χ2n) is 6.67. The van der Waals surface area contributed by atoms with Crippen LogP contribution in [0.4, 0.5) is 5.69 Å². The van der Waals surface area contributed by atoms with Gasteiger partial charge in [-0.25, -0.2) is 0 Å². The lowest BCUT2D eigenvalue weighted by molar-refractivity contribution is -0.136. The highest BCUT2D eigenvalue weighted by molar-refractivity contribution is 6.39. The van der Waals surface area contributed by atoms with E-state index >= 15 is 0 Å². The van der Waals surface area contributed by atoms with Gasteiger partial charge in [-0.1, -0.05) is 25.1 Å². The molecule has 28 heavy (non-hydrogen) atoms. The van der Waals surface area contributed by atoms with Crippen molar-refractivity contribution in [3.8, 4) is 0 Å². The molecule has 1 aromatic carbocycles. The Bertz CT molecular complexity index is 774. The van der Waals surface area contributed by atoms with Gasteiger partial charge >= 0.3 is 11.8 Å². The van der Waals surface area contributed by atoms with Gasteiger partial charge in [0.05, 0.1) is 19.3 Å². The molecule has 0 spiro atoms. The van der Waals surface area contributed by atoms with E-state index in [1.54, 1.807) is 24.5 Å². The molecule has 2 N–H and O–H groups in total. The predicted octanol–water partition coefficient (Wildman–Crippen LogP) is 1.77. The van der Waals surface area contributed by atoms with Gasteiger partial charge in [0.1, 0.15) is 0 Å². The largest absolute Gasteiger partial charge is 0.379 e. The van der Waals surface area contributed by atoms with E-state index in [0.29, 0.717) is 25.4 Å². The molecule has 7 heteroatoms. The number of benzene rings is 1. The first-order valence-electron chi connectivity index (χ1n) is 9.57. The first-order chi connectivity index (χ1) is 13.7. The van der Waals surface area contributed by atoms with Crippen molar-refractivity contribution in [1.82, 2.24) is 15.2 Å². The van der Waals surface area contributed by atoms with Crippen molar-refractivity contribution in [3.63, 3.8) is 0 Å². The molecule has 0 radical (unpaired) electrons. The summed E-state index contributed by atoms with van der Waals surface area (Å²) in [7, 11) is 0. The molecule has 7 nitrogen and oxygen atoms in total. The number of amides is 2. The van der Waals surface area contributed by atoms with Crippen LogP contribution in [0, 0.1) is 0 Å². The Hall–Kier alpha value is -2.77. The van der Waals surface area contributed by atoms with Crippen LogP contribution in [-0.2, 0) is 20.7 Å². The Balaban J connectivity index is 1.59. The lowest BCUT2D eigenvalue weighted by atomic mass is 10.1. The van der Waals surface area contributed by atoms with Gasteiger partial charge in [-0.05, 0) is 35.7 Å². The van der Waals surface area contributed by atoms with E-state index in [1.807, 2.05) is 24.3 Å². The Morgan fingerprint density at radius 1 is 1.14 bits per heavy atom. The van der Waals surface area contributed by atoms with E-state index in [-0.39, 0.29) is 6.04 Å². The molecule has 1 aliphatic rings. The number of carbonyl (C=O) groups is 2.